The first-order chi connectivity index (χ1) is 15.4. The summed E-state index contributed by atoms with van der Waals surface area (Å²) in [6.07, 6.45) is 3.09. The second-order valence-electron chi connectivity index (χ2n) is 9.66. The van der Waals surface area contributed by atoms with E-state index < -0.39 is 6.04 Å². The minimum atomic E-state index is -0.472. The van der Waals surface area contributed by atoms with Crippen molar-refractivity contribution in [3.05, 3.63) is 71.0 Å². The van der Waals surface area contributed by atoms with E-state index in [1.807, 2.05) is 42.5 Å². The zero-order valence-corrected chi connectivity index (χ0v) is 19.2. The highest BCUT2D eigenvalue weighted by Gasteiger charge is 2.50. The monoisotopic (exact) mass is 436 g/mol. The first-order valence-electron chi connectivity index (χ1n) is 11.8. The lowest BCUT2D eigenvalue weighted by Crippen LogP contribution is -2.59. The van der Waals surface area contributed by atoms with Crippen LogP contribution in [-0.4, -0.2) is 29.3 Å². The van der Waals surface area contributed by atoms with Crippen molar-refractivity contribution in [3.8, 4) is 0 Å². The van der Waals surface area contributed by atoms with Crippen molar-refractivity contribution in [1.82, 2.24) is 10.2 Å². The van der Waals surface area contributed by atoms with Crippen LogP contribution in [0.1, 0.15) is 68.7 Å². The minimum Gasteiger partial charge on any atom is -0.346 e. The van der Waals surface area contributed by atoms with E-state index in [1.165, 1.54) is 0 Å². The lowest BCUT2D eigenvalue weighted by molar-refractivity contribution is -0.146. The van der Waals surface area contributed by atoms with Crippen LogP contribution in [0.4, 0.5) is 4.39 Å². The highest BCUT2D eigenvalue weighted by molar-refractivity contribution is 5.91. The molecule has 1 heterocycles. The highest BCUT2D eigenvalue weighted by atomic mass is 19.1. The number of benzene rings is 2. The number of aryl methyl sites for hydroxylation is 1. The van der Waals surface area contributed by atoms with Gasteiger partial charge in [-0.2, -0.15) is 0 Å². The van der Waals surface area contributed by atoms with E-state index in [1.54, 1.807) is 11.0 Å². The molecule has 2 fully saturated rings. The molecule has 5 heteroatoms. The van der Waals surface area contributed by atoms with Crippen LogP contribution in [0.3, 0.4) is 0 Å². The summed E-state index contributed by atoms with van der Waals surface area (Å²) in [6, 6.07) is 14.5. The molecular formula is C27H33FN2O2. The van der Waals surface area contributed by atoms with Crippen molar-refractivity contribution < 1.29 is 14.0 Å². The molecule has 1 aliphatic heterocycles. The molecule has 2 aliphatic rings. The van der Waals surface area contributed by atoms with E-state index in [4.69, 9.17) is 0 Å². The maximum absolute atomic E-state index is 14.7. The summed E-state index contributed by atoms with van der Waals surface area (Å²) in [5.74, 6) is -0.397. The second-order valence-corrected chi connectivity index (χ2v) is 9.66. The topological polar surface area (TPSA) is 49.4 Å². The van der Waals surface area contributed by atoms with Crippen molar-refractivity contribution in [2.45, 2.75) is 64.5 Å². The first kappa shape index (κ1) is 22.5. The molecule has 32 heavy (non-hydrogen) atoms. The van der Waals surface area contributed by atoms with Gasteiger partial charge in [0.2, 0.25) is 11.8 Å². The summed E-state index contributed by atoms with van der Waals surface area (Å²) in [6.45, 7) is 6.65. The molecule has 0 spiro atoms. The van der Waals surface area contributed by atoms with E-state index in [2.05, 4.69) is 26.1 Å². The van der Waals surface area contributed by atoms with Crippen molar-refractivity contribution >= 4 is 11.8 Å². The normalized spacial score (nSPS) is 25.0. The van der Waals surface area contributed by atoms with E-state index in [-0.39, 0.29) is 41.4 Å². The predicted octanol–water partition coefficient (Wildman–Crippen LogP) is 5.00. The van der Waals surface area contributed by atoms with E-state index in [0.29, 0.717) is 24.9 Å². The van der Waals surface area contributed by atoms with Gasteiger partial charge in [0.25, 0.3) is 0 Å². The molecule has 170 valence electrons. The molecule has 4 rings (SSSR count). The SMILES string of the molecule is CCCc1ccc(C2CC2C(=O)N2CC(c3ccccc3)NC(=O)C2CC(C)C)c(F)c1. The first-order valence-corrected chi connectivity index (χ1v) is 11.8. The van der Waals surface area contributed by atoms with Crippen molar-refractivity contribution in [1.29, 1.82) is 0 Å². The number of amides is 2. The van der Waals surface area contributed by atoms with Crippen molar-refractivity contribution in [2.24, 2.45) is 11.8 Å². The van der Waals surface area contributed by atoms with Gasteiger partial charge in [-0.3, -0.25) is 9.59 Å². The number of hydrogen-bond donors (Lipinski definition) is 1. The van der Waals surface area contributed by atoms with Crippen molar-refractivity contribution in [3.63, 3.8) is 0 Å². The number of carbonyl (C=O) groups excluding carboxylic acids is 2. The summed E-state index contributed by atoms with van der Waals surface area (Å²) in [7, 11) is 0. The number of rotatable bonds is 7. The maximum atomic E-state index is 14.7. The van der Waals surface area contributed by atoms with Crippen LogP contribution in [0.5, 0.6) is 0 Å². The Kier molecular flexibility index (Phi) is 6.63. The summed E-state index contributed by atoms with van der Waals surface area (Å²) in [4.78, 5) is 28.3. The zero-order chi connectivity index (χ0) is 22.8. The average molecular weight is 437 g/mol. The van der Waals surface area contributed by atoms with Gasteiger partial charge < -0.3 is 10.2 Å². The Hall–Kier alpha value is -2.69. The maximum Gasteiger partial charge on any atom is 0.243 e. The van der Waals surface area contributed by atoms with Crippen LogP contribution in [0.25, 0.3) is 0 Å². The van der Waals surface area contributed by atoms with Crippen LogP contribution in [0.15, 0.2) is 48.5 Å². The molecule has 0 bridgehead atoms. The molecule has 1 N–H and O–H groups in total. The van der Waals surface area contributed by atoms with Gasteiger partial charge >= 0.3 is 0 Å². The summed E-state index contributed by atoms with van der Waals surface area (Å²) >= 11 is 0. The van der Waals surface area contributed by atoms with Crippen molar-refractivity contribution in [2.75, 3.05) is 6.54 Å². The molecule has 4 nitrogen and oxygen atoms in total. The molecule has 2 amide bonds. The molecule has 0 radical (unpaired) electrons. The molecule has 1 aliphatic carbocycles. The third-order valence-corrected chi connectivity index (χ3v) is 6.66. The number of nitrogens with zero attached hydrogens (tertiary/aromatic N) is 1. The fourth-order valence-electron chi connectivity index (χ4n) is 4.92. The molecule has 2 aromatic carbocycles. The van der Waals surface area contributed by atoms with E-state index in [0.717, 1.165) is 24.0 Å². The van der Waals surface area contributed by atoms with Gasteiger partial charge in [0.15, 0.2) is 0 Å². The fraction of sp³-hybridized carbons (Fsp3) is 0.481. The number of nitrogens with one attached hydrogen (secondary N) is 1. The van der Waals surface area contributed by atoms with Crippen LogP contribution >= 0.6 is 0 Å². The summed E-state index contributed by atoms with van der Waals surface area (Å²) < 4.78 is 14.7. The van der Waals surface area contributed by atoms with Gasteiger partial charge in [-0.05, 0) is 53.9 Å². The summed E-state index contributed by atoms with van der Waals surface area (Å²) in [5, 5.41) is 3.11. The zero-order valence-electron chi connectivity index (χ0n) is 19.2. The van der Waals surface area contributed by atoms with Crippen LogP contribution in [0, 0.1) is 17.7 Å². The standard InChI is InChI=1S/C27H33FN2O2/c1-4-8-18-11-12-20(23(28)14-18)21-15-22(21)27(32)30-16-24(19-9-6-5-7-10-19)29-26(31)25(30)13-17(2)3/h5-7,9-12,14,17,21-22,24-25H,4,8,13,15-16H2,1-3H3,(H,29,31). The molecular weight excluding hydrogens is 403 g/mol. The van der Waals surface area contributed by atoms with E-state index >= 15 is 0 Å². The lowest BCUT2D eigenvalue weighted by Gasteiger charge is -2.40. The molecule has 1 saturated heterocycles. The molecule has 4 atom stereocenters. The van der Waals surface area contributed by atoms with Crippen LogP contribution in [0.2, 0.25) is 0 Å². The Bertz CT molecular complexity index is 975. The lowest BCUT2D eigenvalue weighted by atomic mass is 9.95. The quantitative estimate of drug-likeness (QED) is 0.664. The van der Waals surface area contributed by atoms with Gasteiger partial charge in [0.1, 0.15) is 11.9 Å². The van der Waals surface area contributed by atoms with E-state index in [9.17, 15) is 14.0 Å². The fourth-order valence-corrected chi connectivity index (χ4v) is 4.92. The highest BCUT2D eigenvalue weighted by Crippen LogP contribution is 2.50. The van der Waals surface area contributed by atoms with Gasteiger partial charge in [0, 0.05) is 12.5 Å². The third-order valence-electron chi connectivity index (χ3n) is 6.66. The van der Waals surface area contributed by atoms with Gasteiger partial charge in [0.05, 0.1) is 6.04 Å². The third kappa shape index (κ3) is 4.72. The van der Waals surface area contributed by atoms with Gasteiger partial charge in [-0.25, -0.2) is 4.39 Å². The number of piperazine rings is 1. The Morgan fingerprint density at radius 3 is 2.59 bits per heavy atom. The predicted molar refractivity (Wildman–Crippen MR) is 124 cm³/mol. The second kappa shape index (κ2) is 9.43. The smallest absolute Gasteiger partial charge is 0.243 e. The number of halogens is 1. The Labute approximate surface area is 190 Å². The molecule has 0 aromatic heterocycles. The molecule has 4 unspecified atom stereocenters. The number of carbonyl (C=O) groups is 2. The largest absolute Gasteiger partial charge is 0.346 e. The van der Waals surface area contributed by atoms with Gasteiger partial charge in [-0.1, -0.05) is 69.7 Å². The Morgan fingerprint density at radius 2 is 1.94 bits per heavy atom. The Balaban J connectivity index is 1.54. The molecule has 2 aromatic rings. The average Bonchev–Trinajstić information content (AvgIpc) is 3.56. The van der Waals surface area contributed by atoms with Crippen LogP contribution < -0.4 is 5.32 Å². The summed E-state index contributed by atoms with van der Waals surface area (Å²) in [5.41, 5.74) is 2.61. The van der Waals surface area contributed by atoms with Crippen LogP contribution in [-0.2, 0) is 16.0 Å². The van der Waals surface area contributed by atoms with Gasteiger partial charge in [-0.15, -0.1) is 0 Å². The Morgan fingerprint density at radius 1 is 1.19 bits per heavy atom. The minimum absolute atomic E-state index is 0.0199. The number of hydrogen-bond acceptors (Lipinski definition) is 2. The molecule has 1 saturated carbocycles.